The standard InChI is InChI=1S/C26H24F2N2O5S.C24H20F2N2O4.CH5NO2S/c1-4-35-18-8-10-22-20(13-18)24(19-6-5-11-29-26(19)34-2)25(23(31)15-36(3,32)33)30(22)14-16-12-17(27)7-9-21(16)28;1-3-32-16-7-9-20-18(12-16)21(17-5-4-10-27-23(17)31-2)22(24(29)30)28(20)13-14-11-15(25)6-8-19(14)26;1-5(2,3)4/h5-13H,4,14-15H2,1-3H3;4-12H,3,13H2,1-2H3,(H,29,30);1H3,(H2,2,3,4). The van der Waals surface area contributed by atoms with Gasteiger partial charge in [-0.3, -0.25) is 4.79 Å². The van der Waals surface area contributed by atoms with E-state index in [1.54, 1.807) is 60.7 Å². The first kappa shape index (κ1) is 54.5. The van der Waals surface area contributed by atoms with Gasteiger partial charge < -0.3 is 33.2 Å². The number of primary sulfonamides is 1. The molecule has 0 unspecified atom stereocenters. The fourth-order valence-electron chi connectivity index (χ4n) is 8.03. The molecule has 0 spiro atoms. The van der Waals surface area contributed by atoms with E-state index in [-0.39, 0.29) is 47.4 Å². The number of carboxylic acid groups (broad SMARTS) is 1. The summed E-state index contributed by atoms with van der Waals surface area (Å²) in [4.78, 5) is 34.4. The molecule has 0 radical (unpaired) electrons. The summed E-state index contributed by atoms with van der Waals surface area (Å²) in [6, 6.07) is 23.1. The van der Waals surface area contributed by atoms with Gasteiger partial charge in [-0.15, -0.1) is 0 Å². The summed E-state index contributed by atoms with van der Waals surface area (Å²) in [5.41, 5.74) is 2.59. The average Bonchev–Trinajstić information content (AvgIpc) is 3.82. The zero-order valence-electron chi connectivity index (χ0n) is 40.2. The maximum Gasteiger partial charge on any atom is 0.353 e. The van der Waals surface area contributed by atoms with E-state index in [1.807, 2.05) is 13.8 Å². The van der Waals surface area contributed by atoms with E-state index in [2.05, 4.69) is 15.1 Å². The molecule has 0 aliphatic rings. The van der Waals surface area contributed by atoms with Gasteiger partial charge >= 0.3 is 5.97 Å². The second-order valence-electron chi connectivity index (χ2n) is 16.1. The molecule has 0 aliphatic heterocycles. The van der Waals surface area contributed by atoms with Crippen LogP contribution in [0.5, 0.6) is 23.3 Å². The third-order valence-corrected chi connectivity index (χ3v) is 11.5. The summed E-state index contributed by atoms with van der Waals surface area (Å²) >= 11 is 0. The summed E-state index contributed by atoms with van der Waals surface area (Å²) in [7, 11) is -4.01. The number of pyridine rings is 2. The van der Waals surface area contributed by atoms with Crippen LogP contribution in [-0.2, 0) is 33.0 Å². The van der Waals surface area contributed by atoms with Crippen molar-refractivity contribution in [2.45, 2.75) is 26.9 Å². The zero-order chi connectivity index (χ0) is 53.4. The Hall–Kier alpha value is -7.82. The molecule has 3 N–H and O–H groups in total. The molecule has 0 fully saturated rings. The Morgan fingerprint density at radius 2 is 1.04 bits per heavy atom. The maximum absolute atomic E-state index is 14.7. The molecule has 0 amide bonds. The number of ketones is 1. The molecule has 8 aromatic rings. The van der Waals surface area contributed by atoms with Crippen molar-refractivity contribution in [3.63, 3.8) is 0 Å². The van der Waals surface area contributed by atoms with Crippen LogP contribution in [0.25, 0.3) is 44.1 Å². The van der Waals surface area contributed by atoms with Crippen molar-refractivity contribution in [2.75, 3.05) is 45.7 Å². The number of hydrogen-bond acceptors (Lipinski definition) is 12. The molecule has 8 rings (SSSR count). The van der Waals surface area contributed by atoms with Gasteiger partial charge in [-0.2, -0.15) is 0 Å². The van der Waals surface area contributed by atoms with Crippen LogP contribution in [0.1, 0.15) is 46.0 Å². The van der Waals surface area contributed by atoms with E-state index in [0.717, 1.165) is 48.9 Å². The Bertz CT molecular complexity index is 3580. The lowest BCUT2D eigenvalue weighted by molar-refractivity contribution is 0.0686. The molecule has 0 bridgehead atoms. The van der Waals surface area contributed by atoms with Gasteiger partial charge in [-0.25, -0.2) is 54.3 Å². The van der Waals surface area contributed by atoms with Gasteiger partial charge in [0.25, 0.3) is 0 Å². The number of Topliss-reactive ketones (excluding diaryl/α,β-unsaturated/α-hetero) is 1. The highest BCUT2D eigenvalue weighted by Gasteiger charge is 2.30. The number of ether oxygens (including phenoxy) is 4. The van der Waals surface area contributed by atoms with Crippen LogP contribution in [0.3, 0.4) is 0 Å². The number of carbonyl (C=O) groups excluding carboxylic acids is 1. The molecule has 384 valence electrons. The first-order valence-electron chi connectivity index (χ1n) is 21.9. The van der Waals surface area contributed by atoms with Gasteiger partial charge in [0, 0.05) is 73.8 Å². The predicted molar refractivity (Wildman–Crippen MR) is 267 cm³/mol. The number of sulfone groups is 1. The lowest BCUT2D eigenvalue weighted by Crippen LogP contribution is -2.20. The summed E-state index contributed by atoms with van der Waals surface area (Å²) in [5, 5.41) is 15.6. The number of hydrogen-bond donors (Lipinski definition) is 2. The average molecular weight is 1050 g/mol. The molecule has 0 atom stereocenters. The van der Waals surface area contributed by atoms with Gasteiger partial charge in [0.1, 0.15) is 46.2 Å². The number of nitrogens with two attached hydrogens (primary N) is 1. The predicted octanol–water partition coefficient (Wildman–Crippen LogP) is 8.70. The number of aromatic carboxylic acids is 1. The molecule has 0 saturated carbocycles. The van der Waals surface area contributed by atoms with E-state index in [4.69, 9.17) is 18.9 Å². The maximum atomic E-state index is 14.7. The Kier molecular flexibility index (Phi) is 17.3. The largest absolute Gasteiger partial charge is 0.494 e. The quantitative estimate of drug-likeness (QED) is 0.0684. The highest BCUT2D eigenvalue weighted by molar-refractivity contribution is 7.91. The normalized spacial score (nSPS) is 11.3. The number of methoxy groups -OCH3 is 2. The number of rotatable bonds is 16. The molecule has 0 aliphatic carbocycles. The number of fused-ring (bicyclic) bond motifs is 2. The number of carbonyl (C=O) groups is 2. The van der Waals surface area contributed by atoms with Gasteiger partial charge in [0.2, 0.25) is 21.8 Å². The number of carboxylic acids is 1. The molecule has 16 nitrogen and oxygen atoms in total. The molecular weight excluding hydrogens is 999 g/mol. The minimum Gasteiger partial charge on any atom is -0.494 e. The van der Waals surface area contributed by atoms with Crippen LogP contribution in [0.15, 0.2) is 109 Å². The minimum absolute atomic E-state index is 0.00103. The number of sulfonamides is 1. The van der Waals surface area contributed by atoms with Crippen LogP contribution in [0.2, 0.25) is 0 Å². The molecule has 4 aromatic carbocycles. The molecule has 73 heavy (non-hydrogen) atoms. The second-order valence-corrected chi connectivity index (χ2v) is 19.9. The van der Waals surface area contributed by atoms with Crippen molar-refractivity contribution in [1.29, 1.82) is 0 Å². The van der Waals surface area contributed by atoms with E-state index >= 15 is 0 Å². The van der Waals surface area contributed by atoms with Crippen molar-refractivity contribution in [3.05, 3.63) is 155 Å². The summed E-state index contributed by atoms with van der Waals surface area (Å²) in [5.74, 6) is -3.72. The smallest absolute Gasteiger partial charge is 0.353 e. The van der Waals surface area contributed by atoms with E-state index in [1.165, 1.54) is 35.7 Å². The Morgan fingerprint density at radius 3 is 1.42 bits per heavy atom. The number of aromatic nitrogens is 4. The monoisotopic (exact) mass is 1050 g/mol. The summed E-state index contributed by atoms with van der Waals surface area (Å²) in [6.07, 6.45) is 4.96. The zero-order valence-corrected chi connectivity index (χ0v) is 41.8. The fourth-order valence-corrected chi connectivity index (χ4v) is 8.64. The van der Waals surface area contributed by atoms with Gasteiger partial charge in [-0.1, -0.05) is 0 Å². The topological polar surface area (TPSA) is 221 Å². The third kappa shape index (κ3) is 13.2. The summed E-state index contributed by atoms with van der Waals surface area (Å²) < 4.78 is 125. The minimum atomic E-state index is -3.71. The van der Waals surface area contributed by atoms with Gasteiger partial charge in [0.05, 0.1) is 52.5 Å². The van der Waals surface area contributed by atoms with Crippen LogP contribution in [-0.4, -0.2) is 98.5 Å². The number of benzene rings is 4. The van der Waals surface area contributed by atoms with E-state index in [9.17, 15) is 49.1 Å². The molecular formula is C51H49F4N5O11S2. The molecule has 0 saturated heterocycles. The third-order valence-electron chi connectivity index (χ3n) is 10.7. The van der Waals surface area contributed by atoms with Crippen LogP contribution < -0.4 is 24.1 Å². The number of nitrogens with zero attached hydrogens (tertiary/aromatic N) is 4. The fraction of sp³-hybridized carbons (Fsp3) is 0.216. The van der Waals surface area contributed by atoms with E-state index in [0.29, 0.717) is 68.8 Å². The van der Waals surface area contributed by atoms with Crippen molar-refractivity contribution in [3.8, 4) is 45.5 Å². The van der Waals surface area contributed by atoms with Crippen molar-refractivity contribution < 1.29 is 68.0 Å². The lowest BCUT2D eigenvalue weighted by atomic mass is 10.0. The van der Waals surface area contributed by atoms with Gasteiger partial charge in [-0.05, 0) is 111 Å². The first-order chi connectivity index (χ1) is 34.6. The Labute approximate surface area is 417 Å². The highest BCUT2D eigenvalue weighted by Crippen LogP contribution is 2.43. The van der Waals surface area contributed by atoms with Crippen LogP contribution in [0.4, 0.5) is 17.6 Å². The van der Waals surface area contributed by atoms with E-state index < -0.39 is 60.6 Å². The van der Waals surface area contributed by atoms with Crippen molar-refractivity contribution in [1.82, 2.24) is 19.1 Å². The molecule has 22 heteroatoms. The SMILES string of the molecule is CCOc1ccc2c(c1)c(-c1cccnc1OC)c(C(=O)CS(C)(=O)=O)n2Cc1cc(F)ccc1F.CCOc1ccc2c(c1)c(-c1cccnc1OC)c(C(=O)O)n2Cc1cc(F)ccc1F.CS(N)(=O)=O. The highest BCUT2D eigenvalue weighted by atomic mass is 32.2. The Balaban J connectivity index is 0.000000219. The lowest BCUT2D eigenvalue weighted by Gasteiger charge is -2.13. The second kappa shape index (κ2) is 23.2. The molecule has 4 heterocycles. The molecule has 4 aromatic heterocycles. The van der Waals surface area contributed by atoms with Crippen molar-refractivity contribution >= 4 is 53.4 Å². The summed E-state index contributed by atoms with van der Waals surface area (Å²) in [6.45, 7) is 4.09. The van der Waals surface area contributed by atoms with Gasteiger partial charge in [0.15, 0.2) is 15.6 Å². The van der Waals surface area contributed by atoms with Crippen molar-refractivity contribution in [2.24, 2.45) is 5.14 Å². The first-order valence-corrected chi connectivity index (χ1v) is 25.9. The number of halogens is 4. The van der Waals surface area contributed by atoms with Crippen LogP contribution >= 0.6 is 0 Å². The Morgan fingerprint density at radius 1 is 0.630 bits per heavy atom. The van der Waals surface area contributed by atoms with Crippen LogP contribution in [0, 0.1) is 23.3 Å².